The predicted octanol–water partition coefficient (Wildman–Crippen LogP) is 4.73. The van der Waals surface area contributed by atoms with Crippen LogP contribution in [0.15, 0.2) is 36.4 Å². The highest BCUT2D eigenvalue weighted by molar-refractivity contribution is 6.02. The minimum atomic E-state index is -1.28. The number of benzene rings is 2. The maximum atomic E-state index is 12.7. The summed E-state index contributed by atoms with van der Waals surface area (Å²) in [5.41, 5.74) is 0.705. The van der Waals surface area contributed by atoms with Crippen molar-refractivity contribution in [2.75, 3.05) is 11.9 Å². The van der Waals surface area contributed by atoms with Crippen molar-refractivity contribution in [2.45, 2.75) is 40.5 Å². The zero-order chi connectivity index (χ0) is 22.5. The molecule has 2 aromatic rings. The standard InChI is InChI=1S/C22H26N2O6/c1-14-6-7-15(2)19(12-14)30-11-5-10-22(3,4)21(27)23-18-13-16(24(28)29)8-9-17(18)20(25)26/h6-9,12-13H,5,10-11H2,1-4H3,(H,23,27)(H,25,26). The number of non-ortho nitro benzene ring substituents is 1. The molecule has 2 rings (SSSR count). The number of carbonyl (C=O) groups is 2. The maximum absolute atomic E-state index is 12.7. The fraction of sp³-hybridized carbons (Fsp3) is 0.364. The van der Waals surface area contributed by atoms with Crippen molar-refractivity contribution in [1.82, 2.24) is 0 Å². The normalized spacial score (nSPS) is 11.1. The Labute approximate surface area is 175 Å². The third kappa shape index (κ3) is 5.79. The smallest absolute Gasteiger partial charge is 0.337 e. The van der Waals surface area contributed by atoms with E-state index in [4.69, 9.17) is 4.74 Å². The molecule has 0 aliphatic carbocycles. The van der Waals surface area contributed by atoms with Gasteiger partial charge < -0.3 is 15.2 Å². The van der Waals surface area contributed by atoms with E-state index < -0.39 is 22.2 Å². The van der Waals surface area contributed by atoms with Gasteiger partial charge in [-0.25, -0.2) is 4.79 Å². The van der Waals surface area contributed by atoms with Gasteiger partial charge in [-0.2, -0.15) is 0 Å². The van der Waals surface area contributed by atoms with Gasteiger partial charge in [0.05, 0.1) is 22.8 Å². The molecule has 30 heavy (non-hydrogen) atoms. The number of carbonyl (C=O) groups excluding carboxylic acids is 1. The van der Waals surface area contributed by atoms with Gasteiger partial charge in [0.25, 0.3) is 5.69 Å². The number of aromatic carboxylic acids is 1. The molecule has 0 saturated carbocycles. The second kappa shape index (κ2) is 9.39. The molecule has 0 atom stereocenters. The molecule has 160 valence electrons. The van der Waals surface area contributed by atoms with Crippen LogP contribution < -0.4 is 10.1 Å². The van der Waals surface area contributed by atoms with Crippen LogP contribution in [0.5, 0.6) is 5.75 Å². The number of aryl methyl sites for hydroxylation is 2. The summed E-state index contributed by atoms with van der Waals surface area (Å²) in [7, 11) is 0. The first-order chi connectivity index (χ1) is 14.0. The van der Waals surface area contributed by atoms with Crippen molar-refractivity contribution in [2.24, 2.45) is 5.41 Å². The van der Waals surface area contributed by atoms with Crippen LogP contribution in [0.3, 0.4) is 0 Å². The van der Waals surface area contributed by atoms with Crippen molar-refractivity contribution in [1.29, 1.82) is 0 Å². The second-order valence-electron chi connectivity index (χ2n) is 7.85. The van der Waals surface area contributed by atoms with Crippen LogP contribution in [0.4, 0.5) is 11.4 Å². The Kier molecular flexibility index (Phi) is 7.15. The number of carboxylic acids is 1. The van der Waals surface area contributed by atoms with Crippen LogP contribution in [0.25, 0.3) is 0 Å². The van der Waals surface area contributed by atoms with Crippen molar-refractivity contribution in [3.63, 3.8) is 0 Å². The number of hydrogen-bond acceptors (Lipinski definition) is 5. The number of nitro groups is 1. The highest BCUT2D eigenvalue weighted by Gasteiger charge is 2.29. The van der Waals surface area contributed by atoms with Gasteiger partial charge in [-0.3, -0.25) is 14.9 Å². The monoisotopic (exact) mass is 414 g/mol. The van der Waals surface area contributed by atoms with Gasteiger partial charge in [-0.1, -0.05) is 26.0 Å². The van der Waals surface area contributed by atoms with Crippen molar-refractivity contribution < 1.29 is 24.4 Å². The van der Waals surface area contributed by atoms with Gasteiger partial charge >= 0.3 is 5.97 Å². The largest absolute Gasteiger partial charge is 0.493 e. The van der Waals surface area contributed by atoms with Gasteiger partial charge in [-0.15, -0.1) is 0 Å². The van der Waals surface area contributed by atoms with Crippen LogP contribution in [0.1, 0.15) is 48.2 Å². The molecule has 1 amide bonds. The van der Waals surface area contributed by atoms with E-state index in [1.165, 1.54) is 0 Å². The zero-order valence-electron chi connectivity index (χ0n) is 17.5. The van der Waals surface area contributed by atoms with E-state index in [1.54, 1.807) is 13.8 Å². The number of nitro benzene ring substituents is 1. The summed E-state index contributed by atoms with van der Waals surface area (Å²) in [5, 5.41) is 22.8. The molecule has 0 bridgehead atoms. The number of rotatable bonds is 9. The Balaban J connectivity index is 2.02. The average Bonchev–Trinajstić information content (AvgIpc) is 2.67. The molecule has 8 heteroatoms. The van der Waals surface area contributed by atoms with Crippen molar-refractivity contribution >= 4 is 23.3 Å². The van der Waals surface area contributed by atoms with Gasteiger partial charge in [0, 0.05) is 17.5 Å². The quantitative estimate of drug-likeness (QED) is 0.348. The minimum absolute atomic E-state index is 0.0959. The zero-order valence-corrected chi connectivity index (χ0v) is 17.5. The second-order valence-corrected chi connectivity index (χ2v) is 7.85. The van der Waals surface area contributed by atoms with E-state index in [9.17, 15) is 24.8 Å². The van der Waals surface area contributed by atoms with Crippen LogP contribution in [-0.4, -0.2) is 28.5 Å². The lowest BCUT2D eigenvalue weighted by Gasteiger charge is -2.24. The summed E-state index contributed by atoms with van der Waals surface area (Å²) in [6, 6.07) is 9.22. The Morgan fingerprint density at radius 3 is 2.50 bits per heavy atom. The molecule has 2 aromatic carbocycles. The molecule has 0 radical (unpaired) electrons. The van der Waals surface area contributed by atoms with Gasteiger partial charge in [0.1, 0.15) is 5.75 Å². The lowest BCUT2D eigenvalue weighted by Crippen LogP contribution is -2.31. The van der Waals surface area contributed by atoms with E-state index in [0.29, 0.717) is 19.4 Å². The molecule has 0 aliphatic heterocycles. The van der Waals surface area contributed by atoms with E-state index in [0.717, 1.165) is 35.1 Å². The summed E-state index contributed by atoms with van der Waals surface area (Å²) in [6.07, 6.45) is 1.09. The van der Waals surface area contributed by atoms with Crippen LogP contribution in [0.2, 0.25) is 0 Å². The third-order valence-electron chi connectivity index (χ3n) is 4.85. The van der Waals surface area contributed by atoms with Crippen LogP contribution in [0, 0.1) is 29.4 Å². The number of carboxylic acid groups (broad SMARTS) is 1. The number of anilines is 1. The number of nitrogens with one attached hydrogen (secondary N) is 1. The summed E-state index contributed by atoms with van der Waals surface area (Å²) in [6.45, 7) is 7.85. The number of hydrogen-bond donors (Lipinski definition) is 2. The van der Waals surface area contributed by atoms with E-state index in [-0.39, 0.29) is 16.9 Å². The Morgan fingerprint density at radius 1 is 1.17 bits per heavy atom. The highest BCUT2D eigenvalue weighted by Crippen LogP contribution is 2.28. The summed E-state index contributed by atoms with van der Waals surface area (Å²) in [5.74, 6) is -0.892. The highest BCUT2D eigenvalue weighted by atomic mass is 16.6. The molecule has 0 spiro atoms. The summed E-state index contributed by atoms with van der Waals surface area (Å²) >= 11 is 0. The molecule has 0 heterocycles. The Bertz CT molecular complexity index is 968. The lowest BCUT2D eigenvalue weighted by molar-refractivity contribution is -0.384. The molecule has 0 aliphatic rings. The molecular formula is C22H26N2O6. The third-order valence-corrected chi connectivity index (χ3v) is 4.85. The van der Waals surface area contributed by atoms with E-state index >= 15 is 0 Å². The first kappa shape index (κ1) is 22.9. The number of nitrogens with zero attached hydrogens (tertiary/aromatic N) is 1. The maximum Gasteiger partial charge on any atom is 0.337 e. The minimum Gasteiger partial charge on any atom is -0.493 e. The predicted molar refractivity (Wildman–Crippen MR) is 113 cm³/mol. The number of ether oxygens (including phenoxy) is 1. The molecule has 0 aromatic heterocycles. The first-order valence-electron chi connectivity index (χ1n) is 9.54. The van der Waals surface area contributed by atoms with Crippen molar-refractivity contribution in [3.05, 3.63) is 63.2 Å². The Morgan fingerprint density at radius 2 is 1.87 bits per heavy atom. The van der Waals surface area contributed by atoms with Crippen molar-refractivity contribution in [3.8, 4) is 5.75 Å². The topological polar surface area (TPSA) is 119 Å². The molecule has 0 unspecified atom stereocenters. The SMILES string of the molecule is Cc1ccc(C)c(OCCCC(C)(C)C(=O)Nc2cc([N+](=O)[O-])ccc2C(=O)O)c1. The van der Waals surface area contributed by atoms with Crippen LogP contribution in [-0.2, 0) is 4.79 Å². The molecule has 0 fully saturated rings. The fourth-order valence-corrected chi connectivity index (χ4v) is 2.90. The summed E-state index contributed by atoms with van der Waals surface area (Å²) in [4.78, 5) is 34.5. The average molecular weight is 414 g/mol. The summed E-state index contributed by atoms with van der Waals surface area (Å²) < 4.78 is 5.82. The Hall–Kier alpha value is -3.42. The molecule has 0 saturated heterocycles. The first-order valence-corrected chi connectivity index (χ1v) is 9.54. The molecular weight excluding hydrogens is 388 g/mol. The molecule has 2 N–H and O–H groups in total. The van der Waals surface area contributed by atoms with Gasteiger partial charge in [0.15, 0.2) is 0 Å². The number of amides is 1. The van der Waals surface area contributed by atoms with Gasteiger partial charge in [-0.05, 0) is 49.9 Å². The van der Waals surface area contributed by atoms with Crippen LogP contribution >= 0.6 is 0 Å². The lowest BCUT2D eigenvalue weighted by atomic mass is 9.86. The van der Waals surface area contributed by atoms with E-state index in [2.05, 4.69) is 5.32 Å². The molecule has 8 nitrogen and oxygen atoms in total. The van der Waals surface area contributed by atoms with E-state index in [1.807, 2.05) is 32.0 Å². The fourth-order valence-electron chi connectivity index (χ4n) is 2.90. The van der Waals surface area contributed by atoms with Gasteiger partial charge in [0.2, 0.25) is 5.91 Å².